The molecule has 0 amide bonds. The molecule has 0 fully saturated rings. The summed E-state index contributed by atoms with van der Waals surface area (Å²) in [5.74, 6) is 0. The van der Waals surface area contributed by atoms with Crippen molar-refractivity contribution in [2.24, 2.45) is 0 Å². The second-order valence-electron chi connectivity index (χ2n) is 3.65. The number of rotatable bonds is 8. The van der Waals surface area contributed by atoms with E-state index in [0.29, 0.717) is 18.3 Å². The van der Waals surface area contributed by atoms with Crippen LogP contribution in [0.5, 0.6) is 5.06 Å². The monoisotopic (exact) mass is 278 g/mol. The molecule has 0 aliphatic carbocycles. The molecule has 0 bridgehead atoms. The fourth-order valence-corrected chi connectivity index (χ4v) is 3.39. The molecule has 0 N–H and O–H groups in total. The van der Waals surface area contributed by atoms with Crippen LogP contribution in [0.1, 0.15) is 32.3 Å². The second kappa shape index (κ2) is 7.17. The van der Waals surface area contributed by atoms with Gasteiger partial charge in [-0.25, -0.2) is 4.57 Å². The van der Waals surface area contributed by atoms with E-state index in [0.717, 1.165) is 18.4 Å². The van der Waals surface area contributed by atoms with Crippen molar-refractivity contribution >= 4 is 19.2 Å². The van der Waals surface area contributed by atoms with Crippen molar-refractivity contribution in [3.05, 3.63) is 17.0 Å². The van der Waals surface area contributed by atoms with Gasteiger partial charge in [-0.05, 0) is 36.8 Å². The number of hydrogen-bond donors (Lipinski definition) is 0. The van der Waals surface area contributed by atoms with Gasteiger partial charge >= 0.3 is 7.82 Å². The van der Waals surface area contributed by atoms with Gasteiger partial charge in [-0.2, -0.15) is 0 Å². The standard InChI is InChI=1S/C11H19O4PS/c1-4-6-13-16(12,14-7-5-2)15-11-8-10(3)9-17-11/h8-9H,4-7H2,1-3H3. The lowest BCUT2D eigenvalue weighted by molar-refractivity contribution is 0.157. The van der Waals surface area contributed by atoms with Crippen LogP contribution in [0.3, 0.4) is 0 Å². The molecule has 0 saturated heterocycles. The molecule has 0 unspecified atom stereocenters. The number of hydrogen-bond acceptors (Lipinski definition) is 5. The molecule has 4 nitrogen and oxygen atoms in total. The SMILES string of the molecule is CCCOP(=O)(OCCC)Oc1cc(C)cs1. The summed E-state index contributed by atoms with van der Waals surface area (Å²) in [6, 6.07) is 1.82. The third-order valence-electron chi connectivity index (χ3n) is 1.82. The maximum Gasteiger partial charge on any atom is 0.530 e. The molecule has 1 heterocycles. The van der Waals surface area contributed by atoms with E-state index < -0.39 is 7.82 Å². The summed E-state index contributed by atoms with van der Waals surface area (Å²) < 4.78 is 28.0. The Kier molecular flexibility index (Phi) is 6.20. The van der Waals surface area contributed by atoms with E-state index in [1.165, 1.54) is 11.3 Å². The number of thiophene rings is 1. The lowest BCUT2D eigenvalue weighted by atomic mass is 10.4. The fraction of sp³-hybridized carbons (Fsp3) is 0.636. The van der Waals surface area contributed by atoms with Crippen LogP contribution in [-0.2, 0) is 13.6 Å². The Bertz CT molecular complexity index is 365. The highest BCUT2D eigenvalue weighted by molar-refractivity contribution is 7.49. The van der Waals surface area contributed by atoms with Crippen LogP contribution in [0, 0.1) is 6.92 Å². The van der Waals surface area contributed by atoms with E-state index in [1.807, 2.05) is 32.2 Å². The minimum Gasteiger partial charge on any atom is -0.393 e. The molecule has 0 spiro atoms. The minimum absolute atomic E-state index is 0.366. The van der Waals surface area contributed by atoms with Crippen molar-refractivity contribution in [2.75, 3.05) is 13.2 Å². The van der Waals surface area contributed by atoms with Crippen LogP contribution < -0.4 is 4.52 Å². The summed E-state index contributed by atoms with van der Waals surface area (Å²) in [6.07, 6.45) is 1.54. The molecule has 0 radical (unpaired) electrons. The summed E-state index contributed by atoms with van der Waals surface area (Å²) in [6.45, 7) is 6.57. The Labute approximate surface area is 107 Å². The Morgan fingerprint density at radius 1 is 1.24 bits per heavy atom. The van der Waals surface area contributed by atoms with Gasteiger partial charge in [0.1, 0.15) is 0 Å². The predicted octanol–water partition coefficient (Wildman–Crippen LogP) is 4.40. The first-order valence-corrected chi connectivity index (χ1v) is 8.07. The van der Waals surface area contributed by atoms with Crippen LogP contribution in [0.4, 0.5) is 0 Å². The van der Waals surface area contributed by atoms with E-state index in [2.05, 4.69) is 0 Å². The van der Waals surface area contributed by atoms with Crippen LogP contribution in [0.25, 0.3) is 0 Å². The van der Waals surface area contributed by atoms with Gasteiger partial charge in [-0.3, -0.25) is 9.05 Å². The lowest BCUT2D eigenvalue weighted by Crippen LogP contribution is -2.03. The number of phosphoric ester groups is 1. The first-order valence-electron chi connectivity index (χ1n) is 5.73. The van der Waals surface area contributed by atoms with Gasteiger partial charge < -0.3 is 4.52 Å². The summed E-state index contributed by atoms with van der Waals surface area (Å²) in [4.78, 5) is 0. The molecule has 6 heteroatoms. The zero-order chi connectivity index (χ0) is 12.7. The third kappa shape index (κ3) is 5.21. The van der Waals surface area contributed by atoms with Gasteiger partial charge in [-0.15, -0.1) is 11.3 Å². The number of aryl methyl sites for hydroxylation is 1. The molecular weight excluding hydrogens is 259 g/mol. The molecule has 17 heavy (non-hydrogen) atoms. The highest BCUT2D eigenvalue weighted by Crippen LogP contribution is 2.50. The summed E-state index contributed by atoms with van der Waals surface area (Å²) in [5, 5.41) is 2.50. The first kappa shape index (κ1) is 14.7. The Balaban J connectivity index is 2.65. The summed E-state index contributed by atoms with van der Waals surface area (Å²) in [5.41, 5.74) is 1.07. The Morgan fingerprint density at radius 2 is 1.82 bits per heavy atom. The molecule has 1 aromatic heterocycles. The second-order valence-corrected chi connectivity index (χ2v) is 6.12. The van der Waals surface area contributed by atoms with Crippen LogP contribution in [0.15, 0.2) is 11.4 Å². The third-order valence-corrected chi connectivity index (χ3v) is 4.28. The molecule has 0 aromatic carbocycles. The predicted molar refractivity (Wildman–Crippen MR) is 69.8 cm³/mol. The smallest absolute Gasteiger partial charge is 0.393 e. The first-order chi connectivity index (χ1) is 8.09. The van der Waals surface area contributed by atoms with Crippen LogP contribution in [-0.4, -0.2) is 13.2 Å². The van der Waals surface area contributed by atoms with Gasteiger partial charge in [0.15, 0.2) is 5.06 Å². The van der Waals surface area contributed by atoms with Crippen molar-refractivity contribution in [3.8, 4) is 5.06 Å². The van der Waals surface area contributed by atoms with E-state index in [9.17, 15) is 4.57 Å². The molecule has 0 atom stereocenters. The normalized spacial score (nSPS) is 11.7. The van der Waals surface area contributed by atoms with Gasteiger partial charge in [0.05, 0.1) is 13.2 Å². The topological polar surface area (TPSA) is 44.8 Å². The highest BCUT2D eigenvalue weighted by Gasteiger charge is 2.28. The fourth-order valence-electron chi connectivity index (χ4n) is 1.06. The van der Waals surface area contributed by atoms with E-state index in [4.69, 9.17) is 13.6 Å². The molecular formula is C11H19O4PS. The summed E-state index contributed by atoms with van der Waals surface area (Å²) >= 11 is 1.39. The largest absolute Gasteiger partial charge is 0.530 e. The van der Waals surface area contributed by atoms with Gasteiger partial charge in [0.2, 0.25) is 0 Å². The zero-order valence-corrected chi connectivity index (χ0v) is 12.2. The highest BCUT2D eigenvalue weighted by atomic mass is 32.1. The molecule has 1 aromatic rings. The molecule has 1 rings (SSSR count). The van der Waals surface area contributed by atoms with E-state index in [-0.39, 0.29) is 0 Å². The molecule has 0 aliphatic rings. The quantitative estimate of drug-likeness (QED) is 0.661. The average molecular weight is 278 g/mol. The Hall–Kier alpha value is -0.350. The summed E-state index contributed by atoms with van der Waals surface area (Å²) in [7, 11) is -3.45. The van der Waals surface area contributed by atoms with Gasteiger partial charge in [-0.1, -0.05) is 13.8 Å². The van der Waals surface area contributed by atoms with Crippen molar-refractivity contribution in [1.29, 1.82) is 0 Å². The minimum atomic E-state index is -3.45. The Morgan fingerprint density at radius 3 is 2.24 bits per heavy atom. The van der Waals surface area contributed by atoms with Crippen molar-refractivity contribution in [1.82, 2.24) is 0 Å². The lowest BCUT2D eigenvalue weighted by Gasteiger charge is -2.16. The average Bonchev–Trinajstić information content (AvgIpc) is 2.69. The van der Waals surface area contributed by atoms with E-state index >= 15 is 0 Å². The van der Waals surface area contributed by atoms with Crippen molar-refractivity contribution in [3.63, 3.8) is 0 Å². The number of phosphoric acid groups is 1. The molecule has 0 aliphatic heterocycles. The molecule has 98 valence electrons. The van der Waals surface area contributed by atoms with Gasteiger partial charge in [0, 0.05) is 0 Å². The maximum atomic E-state index is 12.2. The van der Waals surface area contributed by atoms with Crippen LogP contribution in [0.2, 0.25) is 0 Å². The van der Waals surface area contributed by atoms with E-state index in [1.54, 1.807) is 0 Å². The van der Waals surface area contributed by atoms with Crippen LogP contribution >= 0.6 is 19.2 Å². The van der Waals surface area contributed by atoms with Crippen molar-refractivity contribution < 1.29 is 18.1 Å². The van der Waals surface area contributed by atoms with Crippen molar-refractivity contribution in [2.45, 2.75) is 33.6 Å². The zero-order valence-electron chi connectivity index (χ0n) is 10.5. The van der Waals surface area contributed by atoms with Gasteiger partial charge in [0.25, 0.3) is 0 Å². The molecule has 0 saturated carbocycles. The maximum absolute atomic E-state index is 12.2.